The van der Waals surface area contributed by atoms with Gasteiger partial charge < -0.3 is 5.11 Å². The highest BCUT2D eigenvalue weighted by Gasteiger charge is 2.21. The van der Waals surface area contributed by atoms with Crippen molar-refractivity contribution in [2.45, 2.75) is 19.4 Å². The summed E-state index contributed by atoms with van der Waals surface area (Å²) < 4.78 is 3.03. The van der Waals surface area contributed by atoms with Crippen molar-refractivity contribution in [3.63, 3.8) is 0 Å². The zero-order valence-electron chi connectivity index (χ0n) is 15.0. The first-order valence-corrected chi connectivity index (χ1v) is 9.12. The van der Waals surface area contributed by atoms with Gasteiger partial charge in [-0.25, -0.2) is 13.9 Å². The Labute approximate surface area is 152 Å². The van der Waals surface area contributed by atoms with E-state index in [1.54, 1.807) is 11.4 Å². The molecule has 6 heteroatoms. The highest BCUT2D eigenvalue weighted by atomic mass is 16.3. The standard InChI is InChI=1S/C20H24N4O2/c1-22-20(26)24-13-17(16-7-3-2-4-8-16)10-18(19(24)21-22)12-23-9-5-6-15(11-23)14-25/h2-4,7-8,10,13,15,25H,5-6,9,11-12,14H2,1H3/t15-/m1/s1. The molecular formula is C20H24N4O2. The number of rotatable bonds is 4. The van der Waals surface area contributed by atoms with Gasteiger partial charge in [-0.2, -0.15) is 0 Å². The highest BCUT2D eigenvalue weighted by Crippen LogP contribution is 2.24. The van der Waals surface area contributed by atoms with Gasteiger partial charge >= 0.3 is 5.69 Å². The summed E-state index contributed by atoms with van der Waals surface area (Å²) in [5, 5.41) is 13.9. The Balaban J connectivity index is 1.77. The normalized spacial score (nSPS) is 18.5. The van der Waals surface area contributed by atoms with Crippen LogP contribution in [0, 0.1) is 5.92 Å². The van der Waals surface area contributed by atoms with Crippen LogP contribution < -0.4 is 5.69 Å². The molecule has 0 unspecified atom stereocenters. The molecule has 1 fully saturated rings. The van der Waals surface area contributed by atoms with Crippen molar-refractivity contribution >= 4 is 5.65 Å². The van der Waals surface area contributed by atoms with E-state index in [0.717, 1.165) is 49.2 Å². The lowest BCUT2D eigenvalue weighted by molar-refractivity contribution is 0.116. The molecule has 0 saturated carbocycles. The Bertz CT molecular complexity index is 961. The van der Waals surface area contributed by atoms with Gasteiger partial charge in [0.15, 0.2) is 5.65 Å². The van der Waals surface area contributed by atoms with Gasteiger partial charge in [0.2, 0.25) is 0 Å². The van der Waals surface area contributed by atoms with E-state index in [-0.39, 0.29) is 12.3 Å². The number of fused-ring (bicyclic) bond motifs is 1. The number of hydrogen-bond donors (Lipinski definition) is 1. The number of piperidine rings is 1. The SMILES string of the molecule is Cn1nc2c(CN3CCC[C@@H](CO)C3)cc(-c3ccccc3)cn2c1=O. The van der Waals surface area contributed by atoms with Crippen LogP contribution in [0.25, 0.3) is 16.8 Å². The van der Waals surface area contributed by atoms with Crippen molar-refractivity contribution in [1.82, 2.24) is 19.1 Å². The van der Waals surface area contributed by atoms with E-state index >= 15 is 0 Å². The quantitative estimate of drug-likeness (QED) is 0.779. The van der Waals surface area contributed by atoms with Crippen molar-refractivity contribution < 1.29 is 5.11 Å². The first-order valence-electron chi connectivity index (χ1n) is 9.12. The summed E-state index contributed by atoms with van der Waals surface area (Å²) in [6.07, 6.45) is 4.04. The molecule has 0 bridgehead atoms. The van der Waals surface area contributed by atoms with Gasteiger partial charge in [-0.05, 0) is 42.5 Å². The first-order chi connectivity index (χ1) is 12.7. The highest BCUT2D eigenvalue weighted by molar-refractivity contribution is 5.66. The molecule has 0 aliphatic carbocycles. The molecule has 1 aliphatic rings. The number of aliphatic hydroxyl groups is 1. The molecule has 1 aliphatic heterocycles. The van der Waals surface area contributed by atoms with E-state index in [0.29, 0.717) is 11.6 Å². The van der Waals surface area contributed by atoms with E-state index in [9.17, 15) is 9.90 Å². The van der Waals surface area contributed by atoms with Gasteiger partial charge in [0, 0.05) is 38.5 Å². The Hall–Kier alpha value is -2.44. The summed E-state index contributed by atoms with van der Waals surface area (Å²) in [4.78, 5) is 14.8. The lowest BCUT2D eigenvalue weighted by Gasteiger charge is -2.31. The molecule has 1 atom stereocenters. The van der Waals surface area contributed by atoms with Gasteiger partial charge in [0.25, 0.3) is 0 Å². The minimum atomic E-state index is -0.133. The van der Waals surface area contributed by atoms with Crippen LogP contribution in [0.1, 0.15) is 18.4 Å². The van der Waals surface area contributed by atoms with Gasteiger partial charge in [-0.1, -0.05) is 30.3 Å². The minimum absolute atomic E-state index is 0.133. The first kappa shape index (κ1) is 17.0. The molecule has 3 aromatic rings. The number of nitrogens with zero attached hydrogens (tertiary/aromatic N) is 4. The topological polar surface area (TPSA) is 62.8 Å². The number of likely N-dealkylation sites (tertiary alicyclic amines) is 1. The van der Waals surface area contributed by atoms with Crippen molar-refractivity contribution in [3.05, 3.63) is 58.6 Å². The zero-order chi connectivity index (χ0) is 18.1. The third kappa shape index (κ3) is 3.18. The van der Waals surface area contributed by atoms with Crippen LogP contribution >= 0.6 is 0 Å². The molecule has 1 N–H and O–H groups in total. The van der Waals surface area contributed by atoms with Crippen molar-refractivity contribution in [2.75, 3.05) is 19.7 Å². The smallest absolute Gasteiger partial charge is 0.350 e. The molecule has 26 heavy (non-hydrogen) atoms. The molecule has 0 spiro atoms. The number of aromatic nitrogens is 3. The average Bonchev–Trinajstić information content (AvgIpc) is 2.97. The third-order valence-corrected chi connectivity index (χ3v) is 5.20. The second-order valence-electron chi connectivity index (χ2n) is 7.15. The van der Waals surface area contributed by atoms with E-state index in [4.69, 9.17) is 0 Å². The zero-order valence-corrected chi connectivity index (χ0v) is 15.0. The summed E-state index contributed by atoms with van der Waals surface area (Å²) in [6, 6.07) is 12.2. The van der Waals surface area contributed by atoms with Crippen LogP contribution in [0.4, 0.5) is 0 Å². The third-order valence-electron chi connectivity index (χ3n) is 5.20. The fourth-order valence-electron chi connectivity index (χ4n) is 3.83. The molecular weight excluding hydrogens is 328 g/mol. The number of hydrogen-bond acceptors (Lipinski definition) is 4. The lowest BCUT2D eigenvalue weighted by atomic mass is 9.98. The fourth-order valence-corrected chi connectivity index (χ4v) is 3.83. The van der Waals surface area contributed by atoms with Crippen LogP contribution in [-0.2, 0) is 13.6 Å². The van der Waals surface area contributed by atoms with Crippen molar-refractivity contribution in [2.24, 2.45) is 13.0 Å². The largest absolute Gasteiger partial charge is 0.396 e. The van der Waals surface area contributed by atoms with Gasteiger partial charge in [0.1, 0.15) is 0 Å². The Morgan fingerprint density at radius 1 is 1.23 bits per heavy atom. The van der Waals surface area contributed by atoms with Gasteiger partial charge in [-0.3, -0.25) is 4.90 Å². The predicted molar refractivity (Wildman–Crippen MR) is 101 cm³/mol. The average molecular weight is 352 g/mol. The van der Waals surface area contributed by atoms with Gasteiger partial charge in [-0.15, -0.1) is 5.10 Å². The number of aryl methyl sites for hydroxylation is 1. The molecule has 3 heterocycles. The summed E-state index contributed by atoms with van der Waals surface area (Å²) >= 11 is 0. The maximum Gasteiger partial charge on any atom is 0.350 e. The van der Waals surface area contributed by atoms with E-state index in [2.05, 4.69) is 28.2 Å². The molecule has 136 valence electrons. The van der Waals surface area contributed by atoms with Crippen LogP contribution in [-0.4, -0.2) is 43.9 Å². The second kappa shape index (κ2) is 7.05. The Morgan fingerprint density at radius 3 is 2.81 bits per heavy atom. The van der Waals surface area contributed by atoms with Crippen LogP contribution in [0.15, 0.2) is 47.4 Å². The number of benzene rings is 1. The Morgan fingerprint density at radius 2 is 2.04 bits per heavy atom. The molecule has 6 nitrogen and oxygen atoms in total. The monoisotopic (exact) mass is 352 g/mol. The van der Waals surface area contributed by atoms with Crippen LogP contribution in [0.2, 0.25) is 0 Å². The number of aliphatic hydroxyl groups excluding tert-OH is 1. The van der Waals surface area contributed by atoms with E-state index < -0.39 is 0 Å². The van der Waals surface area contributed by atoms with Crippen LogP contribution in [0.3, 0.4) is 0 Å². The summed E-state index contributed by atoms with van der Waals surface area (Å²) in [5.74, 6) is 0.336. The molecule has 0 radical (unpaired) electrons. The lowest BCUT2D eigenvalue weighted by Crippen LogP contribution is -2.36. The van der Waals surface area contributed by atoms with Crippen LogP contribution in [0.5, 0.6) is 0 Å². The molecule has 1 aromatic carbocycles. The summed E-state index contributed by atoms with van der Waals surface area (Å²) in [7, 11) is 1.68. The van der Waals surface area contributed by atoms with E-state index in [1.807, 2.05) is 24.4 Å². The summed E-state index contributed by atoms with van der Waals surface area (Å²) in [6.45, 7) is 2.86. The minimum Gasteiger partial charge on any atom is -0.396 e. The van der Waals surface area contributed by atoms with Gasteiger partial charge in [0.05, 0.1) is 0 Å². The molecule has 0 amide bonds. The summed E-state index contributed by atoms with van der Waals surface area (Å²) in [5.41, 5.74) is 3.72. The number of pyridine rings is 1. The maximum absolute atomic E-state index is 12.5. The maximum atomic E-state index is 12.5. The molecule has 1 saturated heterocycles. The predicted octanol–water partition coefficient (Wildman–Crippen LogP) is 1.90. The van der Waals surface area contributed by atoms with E-state index in [1.165, 1.54) is 4.68 Å². The van der Waals surface area contributed by atoms with Crippen molar-refractivity contribution in [1.29, 1.82) is 0 Å². The second-order valence-corrected chi connectivity index (χ2v) is 7.15. The Kier molecular flexibility index (Phi) is 4.61. The fraction of sp³-hybridized carbons (Fsp3) is 0.400. The molecule has 2 aromatic heterocycles. The van der Waals surface area contributed by atoms with Crippen molar-refractivity contribution in [3.8, 4) is 11.1 Å². The molecule has 4 rings (SSSR count).